The maximum absolute atomic E-state index is 12.9. The Kier molecular flexibility index (Phi) is 4.04. The molecule has 4 heteroatoms. The van der Waals surface area contributed by atoms with Crippen molar-refractivity contribution in [2.45, 2.75) is 58.0 Å². The van der Waals surface area contributed by atoms with Crippen LogP contribution in [0.4, 0.5) is 0 Å². The van der Waals surface area contributed by atoms with E-state index in [9.17, 15) is 4.79 Å². The van der Waals surface area contributed by atoms with Gasteiger partial charge in [0.25, 0.3) is 0 Å². The van der Waals surface area contributed by atoms with Gasteiger partial charge in [-0.3, -0.25) is 9.69 Å². The molecule has 1 amide bonds. The van der Waals surface area contributed by atoms with Crippen molar-refractivity contribution < 1.29 is 4.79 Å². The van der Waals surface area contributed by atoms with Gasteiger partial charge in [-0.2, -0.15) is 0 Å². The fourth-order valence-corrected chi connectivity index (χ4v) is 4.14. The van der Waals surface area contributed by atoms with Gasteiger partial charge >= 0.3 is 0 Å². The molecule has 3 aliphatic rings. The molecule has 0 aromatic rings. The summed E-state index contributed by atoms with van der Waals surface area (Å²) in [4.78, 5) is 17.5. The zero-order valence-electron chi connectivity index (χ0n) is 13.0. The zero-order chi connectivity index (χ0) is 14.2. The summed E-state index contributed by atoms with van der Waals surface area (Å²) in [5.74, 6) is 0.409. The van der Waals surface area contributed by atoms with E-state index in [1.807, 2.05) is 0 Å². The van der Waals surface area contributed by atoms with Crippen LogP contribution in [0.5, 0.6) is 0 Å². The molecule has 114 valence electrons. The Morgan fingerprint density at radius 1 is 1.15 bits per heavy atom. The summed E-state index contributed by atoms with van der Waals surface area (Å²) in [6.07, 6.45) is 5.82. The van der Waals surface area contributed by atoms with E-state index in [1.165, 1.54) is 19.3 Å². The summed E-state index contributed by atoms with van der Waals surface area (Å²) in [5.41, 5.74) is 0.313. The molecular formula is C16H29N3O. The normalized spacial score (nSPS) is 31.9. The lowest BCUT2D eigenvalue weighted by Gasteiger charge is -2.36. The third kappa shape index (κ3) is 2.86. The molecule has 1 atom stereocenters. The molecule has 3 fully saturated rings. The number of rotatable bonds is 2. The molecule has 1 N–H and O–H groups in total. The van der Waals surface area contributed by atoms with Crippen LogP contribution in [0.1, 0.15) is 46.0 Å². The number of nitrogens with one attached hydrogen (secondary N) is 1. The second kappa shape index (κ2) is 5.64. The van der Waals surface area contributed by atoms with Crippen molar-refractivity contribution in [3.8, 4) is 0 Å². The van der Waals surface area contributed by atoms with Crippen molar-refractivity contribution in [3.63, 3.8) is 0 Å². The van der Waals surface area contributed by atoms with E-state index in [4.69, 9.17) is 0 Å². The van der Waals surface area contributed by atoms with Crippen LogP contribution in [-0.4, -0.2) is 60.5 Å². The second-order valence-electron chi connectivity index (χ2n) is 7.55. The van der Waals surface area contributed by atoms with Gasteiger partial charge in [0.1, 0.15) is 0 Å². The Hall–Kier alpha value is -0.610. The first-order chi connectivity index (χ1) is 9.57. The molecule has 0 aliphatic carbocycles. The van der Waals surface area contributed by atoms with Crippen LogP contribution >= 0.6 is 0 Å². The quantitative estimate of drug-likeness (QED) is 0.831. The van der Waals surface area contributed by atoms with E-state index in [0.29, 0.717) is 17.4 Å². The minimum absolute atomic E-state index is 0.173. The third-order valence-electron chi connectivity index (χ3n) is 5.35. The van der Waals surface area contributed by atoms with Crippen molar-refractivity contribution in [2.24, 2.45) is 5.41 Å². The Morgan fingerprint density at radius 3 is 2.55 bits per heavy atom. The maximum Gasteiger partial charge on any atom is 0.239 e. The Bertz CT molecular complexity index is 363. The van der Waals surface area contributed by atoms with E-state index in [1.54, 1.807) is 0 Å². The van der Waals surface area contributed by atoms with Gasteiger partial charge in [0, 0.05) is 19.1 Å². The van der Waals surface area contributed by atoms with Crippen LogP contribution in [-0.2, 0) is 4.79 Å². The topological polar surface area (TPSA) is 35.6 Å². The number of nitrogens with zero attached hydrogens (tertiary/aromatic N) is 2. The highest BCUT2D eigenvalue weighted by Crippen LogP contribution is 2.32. The van der Waals surface area contributed by atoms with Gasteiger partial charge < -0.3 is 10.2 Å². The summed E-state index contributed by atoms with van der Waals surface area (Å²) >= 11 is 0. The molecule has 20 heavy (non-hydrogen) atoms. The van der Waals surface area contributed by atoms with Gasteiger partial charge in [-0.1, -0.05) is 13.8 Å². The Labute approximate surface area is 122 Å². The molecule has 3 rings (SSSR count). The molecule has 0 bridgehead atoms. The zero-order valence-corrected chi connectivity index (χ0v) is 13.0. The predicted molar refractivity (Wildman–Crippen MR) is 80.6 cm³/mol. The fourth-order valence-electron chi connectivity index (χ4n) is 4.14. The number of hydrogen-bond donors (Lipinski definition) is 1. The van der Waals surface area contributed by atoms with Gasteiger partial charge in [-0.15, -0.1) is 0 Å². The van der Waals surface area contributed by atoms with E-state index >= 15 is 0 Å². The SMILES string of the molecule is CC1(C)CCN(C(=O)C2CCCN2C2CCNCC2)C1. The monoisotopic (exact) mass is 279 g/mol. The van der Waals surface area contributed by atoms with Crippen LogP contribution in [0.15, 0.2) is 0 Å². The highest BCUT2D eigenvalue weighted by Gasteiger charge is 2.40. The molecular weight excluding hydrogens is 250 g/mol. The first-order valence-corrected chi connectivity index (χ1v) is 8.32. The molecule has 0 radical (unpaired) electrons. The maximum atomic E-state index is 12.9. The van der Waals surface area contributed by atoms with Crippen LogP contribution in [0.3, 0.4) is 0 Å². The molecule has 0 aromatic carbocycles. The Morgan fingerprint density at radius 2 is 1.90 bits per heavy atom. The lowest BCUT2D eigenvalue weighted by molar-refractivity contribution is -0.136. The molecule has 3 saturated heterocycles. The van der Waals surface area contributed by atoms with Gasteiger partial charge in [0.2, 0.25) is 5.91 Å². The van der Waals surface area contributed by atoms with Crippen molar-refractivity contribution in [2.75, 3.05) is 32.7 Å². The van der Waals surface area contributed by atoms with E-state index in [-0.39, 0.29) is 6.04 Å². The van der Waals surface area contributed by atoms with Crippen LogP contribution < -0.4 is 5.32 Å². The second-order valence-corrected chi connectivity index (χ2v) is 7.55. The number of piperidine rings is 1. The molecule has 1 unspecified atom stereocenters. The van der Waals surface area contributed by atoms with Crippen molar-refractivity contribution >= 4 is 5.91 Å². The highest BCUT2D eigenvalue weighted by atomic mass is 16.2. The number of hydrogen-bond acceptors (Lipinski definition) is 3. The van der Waals surface area contributed by atoms with Crippen LogP contribution in [0, 0.1) is 5.41 Å². The number of carbonyl (C=O) groups excluding carboxylic acids is 1. The van der Waals surface area contributed by atoms with Gasteiger partial charge in [-0.25, -0.2) is 0 Å². The summed E-state index contributed by atoms with van der Waals surface area (Å²) < 4.78 is 0. The van der Waals surface area contributed by atoms with Crippen molar-refractivity contribution in [3.05, 3.63) is 0 Å². The average Bonchev–Trinajstić information content (AvgIpc) is 3.05. The molecule has 3 aliphatic heterocycles. The van der Waals surface area contributed by atoms with E-state index in [0.717, 1.165) is 45.6 Å². The number of carbonyl (C=O) groups is 1. The largest absolute Gasteiger partial charge is 0.341 e. The van der Waals surface area contributed by atoms with Crippen LogP contribution in [0.25, 0.3) is 0 Å². The van der Waals surface area contributed by atoms with Crippen molar-refractivity contribution in [1.82, 2.24) is 15.1 Å². The van der Waals surface area contributed by atoms with E-state index < -0.39 is 0 Å². The highest BCUT2D eigenvalue weighted by molar-refractivity contribution is 5.82. The smallest absolute Gasteiger partial charge is 0.239 e. The first-order valence-electron chi connectivity index (χ1n) is 8.32. The van der Waals surface area contributed by atoms with Crippen LogP contribution in [0.2, 0.25) is 0 Å². The van der Waals surface area contributed by atoms with Gasteiger partial charge in [0.15, 0.2) is 0 Å². The summed E-state index contributed by atoms with van der Waals surface area (Å²) in [7, 11) is 0. The van der Waals surface area contributed by atoms with Gasteiger partial charge in [-0.05, 0) is 57.2 Å². The fraction of sp³-hybridized carbons (Fsp3) is 0.938. The van der Waals surface area contributed by atoms with Crippen molar-refractivity contribution in [1.29, 1.82) is 0 Å². The van der Waals surface area contributed by atoms with E-state index in [2.05, 4.69) is 29.0 Å². The summed E-state index contributed by atoms with van der Waals surface area (Å²) in [6.45, 7) is 9.81. The predicted octanol–water partition coefficient (Wildman–Crippen LogP) is 1.46. The minimum atomic E-state index is 0.173. The lowest BCUT2D eigenvalue weighted by atomic mass is 9.93. The number of amides is 1. The summed E-state index contributed by atoms with van der Waals surface area (Å²) in [5, 5.41) is 3.43. The standard InChI is InChI=1S/C16H29N3O/c1-16(2)7-11-18(12-16)15(20)14-4-3-10-19(14)13-5-8-17-9-6-13/h13-14,17H,3-12H2,1-2H3. The minimum Gasteiger partial charge on any atom is -0.341 e. The Balaban J connectivity index is 1.64. The third-order valence-corrected chi connectivity index (χ3v) is 5.35. The van der Waals surface area contributed by atoms with Gasteiger partial charge in [0.05, 0.1) is 6.04 Å². The molecule has 0 spiro atoms. The first kappa shape index (κ1) is 14.3. The molecule has 0 saturated carbocycles. The summed E-state index contributed by atoms with van der Waals surface area (Å²) in [6, 6.07) is 0.801. The molecule has 0 aromatic heterocycles. The average molecular weight is 279 g/mol. The molecule has 4 nitrogen and oxygen atoms in total. The number of likely N-dealkylation sites (tertiary alicyclic amines) is 2. The lowest BCUT2D eigenvalue weighted by Crippen LogP contribution is -2.51. The molecule has 3 heterocycles.